The third-order valence-corrected chi connectivity index (χ3v) is 5.25. The Morgan fingerprint density at radius 1 is 1.55 bits per heavy atom. The number of aryl methyl sites for hydroxylation is 1. The Kier molecular flexibility index (Phi) is 4.16. The van der Waals surface area contributed by atoms with Gasteiger partial charge < -0.3 is 5.11 Å². The highest BCUT2D eigenvalue weighted by Crippen LogP contribution is 2.19. The van der Waals surface area contributed by atoms with Gasteiger partial charge in [-0.15, -0.1) is 11.3 Å². The number of carboxylic acid groups (broad SMARTS) is 1. The largest absolute Gasteiger partial charge is 0.476 e. The normalized spacial score (nSPS) is 11.7. The van der Waals surface area contributed by atoms with Gasteiger partial charge in [0.05, 0.1) is 11.2 Å². The number of aromatic nitrogens is 3. The summed E-state index contributed by atoms with van der Waals surface area (Å²) in [7, 11) is -2.10. The maximum absolute atomic E-state index is 12.0. The molecule has 2 aromatic heterocycles. The van der Waals surface area contributed by atoms with E-state index in [1.165, 1.54) is 5.51 Å². The molecule has 0 unspecified atom stereocenters. The lowest BCUT2D eigenvalue weighted by Gasteiger charge is -2.04. The van der Waals surface area contributed by atoms with Crippen LogP contribution in [0, 0.1) is 0 Å². The van der Waals surface area contributed by atoms with Crippen LogP contribution in [0.3, 0.4) is 0 Å². The summed E-state index contributed by atoms with van der Waals surface area (Å²) in [6.07, 6.45) is 2.18. The predicted octanol–water partition coefficient (Wildman–Crippen LogP) is 0.0958. The molecule has 0 aliphatic rings. The maximum Gasteiger partial charge on any atom is 0.356 e. The Hall–Kier alpha value is -1.78. The molecular weight excluding hydrogens is 304 g/mol. The minimum atomic E-state index is -3.87. The quantitative estimate of drug-likeness (QED) is 0.781. The molecular formula is C10H12N4O4S2. The van der Waals surface area contributed by atoms with Crippen LogP contribution >= 0.6 is 11.3 Å². The first-order valence-corrected chi connectivity index (χ1v) is 7.91. The van der Waals surface area contributed by atoms with Crippen molar-refractivity contribution in [2.75, 3.05) is 6.54 Å². The number of hydrogen-bond acceptors (Lipinski definition) is 6. The van der Waals surface area contributed by atoms with Gasteiger partial charge in [-0.1, -0.05) is 0 Å². The average molecular weight is 316 g/mol. The summed E-state index contributed by atoms with van der Waals surface area (Å²) in [5, 5.41) is 13.0. The zero-order chi connectivity index (χ0) is 14.8. The first kappa shape index (κ1) is 14.6. The molecule has 0 bridgehead atoms. The monoisotopic (exact) mass is 316 g/mol. The Morgan fingerprint density at radius 2 is 2.30 bits per heavy atom. The Bertz CT molecular complexity index is 719. The number of nitrogens with one attached hydrogen (secondary N) is 1. The number of sulfonamides is 1. The smallest absolute Gasteiger partial charge is 0.356 e. The number of aromatic carboxylic acids is 1. The topological polar surface area (TPSA) is 114 Å². The van der Waals surface area contributed by atoms with Crippen LogP contribution in [0.2, 0.25) is 0 Å². The van der Waals surface area contributed by atoms with E-state index in [0.29, 0.717) is 6.42 Å². The number of nitrogens with zero attached hydrogens (tertiary/aromatic N) is 3. The second-order valence-corrected chi connectivity index (χ2v) is 6.74. The van der Waals surface area contributed by atoms with Crippen LogP contribution in [0.25, 0.3) is 0 Å². The van der Waals surface area contributed by atoms with Crippen molar-refractivity contribution in [3.63, 3.8) is 0 Å². The molecule has 0 fully saturated rings. The van der Waals surface area contributed by atoms with E-state index in [0.717, 1.165) is 17.0 Å². The van der Waals surface area contributed by atoms with Crippen LogP contribution in [-0.2, 0) is 23.5 Å². The van der Waals surface area contributed by atoms with Crippen LogP contribution in [-0.4, -0.2) is 40.8 Å². The van der Waals surface area contributed by atoms with Crippen LogP contribution in [0.15, 0.2) is 22.0 Å². The zero-order valence-electron chi connectivity index (χ0n) is 10.5. The fourth-order valence-corrected chi connectivity index (χ4v) is 3.76. The van der Waals surface area contributed by atoms with Crippen molar-refractivity contribution in [1.29, 1.82) is 0 Å². The average Bonchev–Trinajstić information content (AvgIpc) is 2.97. The molecule has 8 nitrogen and oxygen atoms in total. The van der Waals surface area contributed by atoms with Crippen LogP contribution in [0.4, 0.5) is 0 Å². The highest BCUT2D eigenvalue weighted by Gasteiger charge is 2.25. The molecule has 0 saturated carbocycles. The van der Waals surface area contributed by atoms with E-state index >= 15 is 0 Å². The molecule has 2 aromatic rings. The van der Waals surface area contributed by atoms with Crippen molar-refractivity contribution >= 4 is 27.3 Å². The minimum Gasteiger partial charge on any atom is -0.476 e. The second-order valence-electron chi connectivity index (χ2n) is 3.92. The number of hydrogen-bond donors (Lipinski definition) is 2. The molecule has 0 amide bonds. The highest BCUT2D eigenvalue weighted by atomic mass is 32.2. The Morgan fingerprint density at radius 3 is 2.90 bits per heavy atom. The number of thiazole rings is 1. The van der Waals surface area contributed by atoms with Crippen LogP contribution in [0.5, 0.6) is 0 Å². The molecule has 10 heteroatoms. The lowest BCUT2D eigenvalue weighted by Crippen LogP contribution is -2.26. The van der Waals surface area contributed by atoms with Crippen molar-refractivity contribution in [3.05, 3.63) is 29.2 Å². The van der Waals surface area contributed by atoms with Crippen LogP contribution in [0.1, 0.15) is 16.2 Å². The molecule has 108 valence electrons. The van der Waals surface area contributed by atoms with Gasteiger partial charge in [0, 0.05) is 26.2 Å². The summed E-state index contributed by atoms with van der Waals surface area (Å²) in [6.45, 7) is 0.135. The van der Waals surface area contributed by atoms with Gasteiger partial charge in [0.1, 0.15) is 0 Å². The predicted molar refractivity (Wildman–Crippen MR) is 71.2 cm³/mol. The molecule has 20 heavy (non-hydrogen) atoms. The molecule has 2 rings (SSSR count). The van der Waals surface area contributed by atoms with Gasteiger partial charge in [-0.05, 0) is 6.07 Å². The molecule has 0 aliphatic heterocycles. The van der Waals surface area contributed by atoms with Gasteiger partial charge in [0.15, 0.2) is 9.90 Å². The summed E-state index contributed by atoms with van der Waals surface area (Å²) in [5.74, 6) is -1.36. The lowest BCUT2D eigenvalue weighted by molar-refractivity contribution is 0.0687. The number of carbonyl (C=O) groups is 1. The molecule has 2 N–H and O–H groups in total. The maximum atomic E-state index is 12.0. The van der Waals surface area contributed by atoms with Gasteiger partial charge in [-0.2, -0.15) is 5.10 Å². The zero-order valence-corrected chi connectivity index (χ0v) is 12.1. The first-order chi connectivity index (χ1) is 9.40. The van der Waals surface area contributed by atoms with Crippen molar-refractivity contribution < 1.29 is 18.3 Å². The van der Waals surface area contributed by atoms with E-state index in [-0.39, 0.29) is 10.8 Å². The highest BCUT2D eigenvalue weighted by molar-refractivity contribution is 7.91. The van der Waals surface area contributed by atoms with Gasteiger partial charge in [-0.25, -0.2) is 22.9 Å². The fraction of sp³-hybridized carbons (Fsp3) is 0.300. The van der Waals surface area contributed by atoms with Gasteiger partial charge >= 0.3 is 5.97 Å². The summed E-state index contributed by atoms with van der Waals surface area (Å²) >= 11 is 0.773. The van der Waals surface area contributed by atoms with Crippen molar-refractivity contribution in [2.24, 2.45) is 7.05 Å². The standard InChI is InChI=1S/C10H12N4O4S2/c1-14-5-3-7(13-14)2-4-12-20(17,18)10-8(9(15)16)11-6-19-10/h3,5-6,12H,2,4H2,1H3,(H,15,16). The van der Waals surface area contributed by atoms with E-state index in [1.807, 2.05) is 0 Å². The number of carboxylic acids is 1. The van der Waals surface area contributed by atoms with Gasteiger partial charge in [-0.3, -0.25) is 4.68 Å². The van der Waals surface area contributed by atoms with Crippen molar-refractivity contribution in [2.45, 2.75) is 10.6 Å². The summed E-state index contributed by atoms with van der Waals surface area (Å²) < 4.78 is 27.6. The SMILES string of the molecule is Cn1ccc(CCNS(=O)(=O)c2scnc2C(=O)O)n1. The Balaban J connectivity index is 2.04. The van der Waals surface area contributed by atoms with Crippen LogP contribution < -0.4 is 4.72 Å². The third kappa shape index (κ3) is 3.21. The molecule has 0 atom stereocenters. The fourth-order valence-electron chi connectivity index (χ4n) is 1.54. The molecule has 2 heterocycles. The van der Waals surface area contributed by atoms with Gasteiger partial charge in [0.25, 0.3) is 10.0 Å². The Labute approximate surface area is 119 Å². The minimum absolute atomic E-state index is 0.135. The van der Waals surface area contributed by atoms with E-state index in [2.05, 4.69) is 14.8 Å². The van der Waals surface area contributed by atoms with E-state index in [1.54, 1.807) is 24.0 Å². The third-order valence-electron chi connectivity index (χ3n) is 2.42. The summed E-state index contributed by atoms with van der Waals surface area (Å²) in [5.41, 5.74) is 1.48. The number of rotatable bonds is 6. The lowest BCUT2D eigenvalue weighted by atomic mass is 10.3. The van der Waals surface area contributed by atoms with Crippen molar-refractivity contribution in [3.8, 4) is 0 Å². The van der Waals surface area contributed by atoms with E-state index in [9.17, 15) is 13.2 Å². The molecule has 0 aliphatic carbocycles. The molecule has 0 spiro atoms. The molecule has 0 aromatic carbocycles. The first-order valence-electron chi connectivity index (χ1n) is 5.55. The summed E-state index contributed by atoms with van der Waals surface area (Å²) in [6, 6.07) is 1.78. The van der Waals surface area contributed by atoms with E-state index in [4.69, 9.17) is 5.11 Å². The summed E-state index contributed by atoms with van der Waals surface area (Å²) in [4.78, 5) is 14.4. The molecule has 0 radical (unpaired) electrons. The van der Waals surface area contributed by atoms with E-state index < -0.39 is 21.7 Å². The second kappa shape index (κ2) is 5.69. The molecule has 0 saturated heterocycles. The van der Waals surface area contributed by atoms with Gasteiger partial charge in [0.2, 0.25) is 0 Å². The van der Waals surface area contributed by atoms with Crippen molar-refractivity contribution in [1.82, 2.24) is 19.5 Å².